The molecule has 3 fully saturated rings. The molecular weight excluding hydrogens is 575 g/mol. The van der Waals surface area contributed by atoms with Gasteiger partial charge in [-0.1, -0.05) is 35.5 Å². The van der Waals surface area contributed by atoms with Gasteiger partial charge in [0.25, 0.3) is 0 Å². The van der Waals surface area contributed by atoms with Gasteiger partial charge in [0, 0.05) is 47.3 Å². The fourth-order valence-electron chi connectivity index (χ4n) is 5.87. The molecule has 1 saturated carbocycles. The highest BCUT2D eigenvalue weighted by Crippen LogP contribution is 2.46. The monoisotopic (exact) mass is 605 g/mol. The molecule has 0 spiro atoms. The molecule has 1 aliphatic carbocycles. The number of anilines is 1. The Labute approximate surface area is 251 Å². The van der Waals surface area contributed by atoms with Crippen LogP contribution < -0.4 is 9.64 Å². The fraction of sp³-hybridized carbons (Fsp3) is 0.364. The third kappa shape index (κ3) is 5.63. The van der Waals surface area contributed by atoms with Crippen LogP contribution in [0.2, 0.25) is 0 Å². The summed E-state index contributed by atoms with van der Waals surface area (Å²) >= 11 is 0. The van der Waals surface area contributed by atoms with Crippen LogP contribution in [0.15, 0.2) is 59.1 Å². The standard InChI is InChI=1S/C33H30F3N3O5/c34-33(35,36)26-4-2-1-3-23(26)30-24(31(44-38-30)20-6-7-20)9-5-19-11-13-39(14-12-19)21-8-10-27-25(15-21)29(43-22-17-42-18-22)16-28(37-27)32(40)41/h1-5,8-10,15-16,19-20,22H,6-7,11-14,17-18H2,(H,40,41)/b9-5+. The molecule has 7 rings (SSSR count). The SMILES string of the molecule is O=C(O)c1cc(OC2COC2)c2cc(N3CCC(/C=C/c4c(-c5ccccc5C(F)(F)F)noc4C4CC4)CC3)ccc2n1. The van der Waals surface area contributed by atoms with E-state index in [0.29, 0.717) is 35.8 Å². The lowest BCUT2D eigenvalue weighted by Gasteiger charge is -2.33. The third-order valence-electron chi connectivity index (χ3n) is 8.51. The molecule has 0 bridgehead atoms. The van der Waals surface area contributed by atoms with Crippen LogP contribution in [0.1, 0.15) is 59.0 Å². The number of hydrogen-bond donors (Lipinski definition) is 1. The number of allylic oxidation sites excluding steroid dienone is 1. The molecule has 2 aliphatic heterocycles. The minimum absolute atomic E-state index is 0.0274. The topological polar surface area (TPSA) is 97.9 Å². The van der Waals surface area contributed by atoms with Crippen LogP contribution in [0, 0.1) is 5.92 Å². The Morgan fingerprint density at radius 3 is 2.50 bits per heavy atom. The van der Waals surface area contributed by atoms with Crippen molar-refractivity contribution in [3.63, 3.8) is 0 Å². The van der Waals surface area contributed by atoms with Gasteiger partial charge in [-0.15, -0.1) is 0 Å². The van der Waals surface area contributed by atoms with Crippen LogP contribution in [0.4, 0.5) is 18.9 Å². The van der Waals surface area contributed by atoms with Gasteiger partial charge in [-0.3, -0.25) is 0 Å². The number of piperidine rings is 1. The minimum Gasteiger partial charge on any atom is -0.485 e. The number of halogens is 3. The predicted octanol–water partition coefficient (Wildman–Crippen LogP) is 7.19. The van der Waals surface area contributed by atoms with Crippen molar-refractivity contribution in [3.05, 3.63) is 77.2 Å². The van der Waals surface area contributed by atoms with E-state index < -0.39 is 17.7 Å². The van der Waals surface area contributed by atoms with E-state index >= 15 is 0 Å². The van der Waals surface area contributed by atoms with Gasteiger partial charge in [0.15, 0.2) is 5.69 Å². The Morgan fingerprint density at radius 2 is 1.82 bits per heavy atom. The highest BCUT2D eigenvalue weighted by atomic mass is 19.4. The van der Waals surface area contributed by atoms with Gasteiger partial charge >= 0.3 is 12.1 Å². The zero-order valence-corrected chi connectivity index (χ0v) is 23.7. The molecule has 0 radical (unpaired) electrons. The van der Waals surface area contributed by atoms with Crippen molar-refractivity contribution in [3.8, 4) is 17.0 Å². The van der Waals surface area contributed by atoms with E-state index in [9.17, 15) is 23.1 Å². The molecule has 0 atom stereocenters. The molecule has 228 valence electrons. The van der Waals surface area contributed by atoms with Crippen LogP contribution in [-0.2, 0) is 10.9 Å². The van der Waals surface area contributed by atoms with E-state index in [4.69, 9.17) is 14.0 Å². The first-order chi connectivity index (χ1) is 21.2. The first kappa shape index (κ1) is 28.4. The number of ether oxygens (including phenoxy) is 2. The highest BCUT2D eigenvalue weighted by Gasteiger charge is 2.37. The van der Waals surface area contributed by atoms with Crippen molar-refractivity contribution < 1.29 is 37.1 Å². The largest absolute Gasteiger partial charge is 0.485 e. The second-order valence-electron chi connectivity index (χ2n) is 11.6. The van der Waals surface area contributed by atoms with Crippen molar-refractivity contribution in [2.75, 3.05) is 31.2 Å². The summed E-state index contributed by atoms with van der Waals surface area (Å²) in [5, 5.41) is 14.4. The zero-order chi connectivity index (χ0) is 30.4. The van der Waals surface area contributed by atoms with E-state index in [1.54, 1.807) is 6.07 Å². The molecule has 4 aromatic rings. The predicted molar refractivity (Wildman–Crippen MR) is 157 cm³/mol. The minimum atomic E-state index is -4.50. The summed E-state index contributed by atoms with van der Waals surface area (Å²) < 4.78 is 58.3. The number of pyridine rings is 1. The zero-order valence-electron chi connectivity index (χ0n) is 23.7. The van der Waals surface area contributed by atoms with Crippen LogP contribution in [0.3, 0.4) is 0 Å². The lowest BCUT2D eigenvalue weighted by Crippen LogP contribution is -2.38. The van der Waals surface area contributed by atoms with Gasteiger partial charge < -0.3 is 24.0 Å². The number of nitrogens with zero attached hydrogens (tertiary/aromatic N) is 3. The average molecular weight is 606 g/mol. The second kappa shape index (κ2) is 11.3. The fourth-order valence-corrected chi connectivity index (χ4v) is 5.87. The van der Waals surface area contributed by atoms with Crippen molar-refractivity contribution in [2.45, 2.75) is 43.9 Å². The van der Waals surface area contributed by atoms with E-state index in [2.05, 4.69) is 21.1 Å². The number of aromatic carboxylic acids is 1. The van der Waals surface area contributed by atoms with Crippen LogP contribution in [0.25, 0.3) is 28.2 Å². The molecule has 3 aliphatic rings. The number of benzene rings is 2. The number of fused-ring (bicyclic) bond motifs is 1. The summed E-state index contributed by atoms with van der Waals surface area (Å²) in [5.74, 6) is 0.441. The van der Waals surface area contributed by atoms with Crippen molar-refractivity contribution >= 4 is 28.6 Å². The summed E-state index contributed by atoms with van der Waals surface area (Å²) in [6, 6.07) is 12.7. The summed E-state index contributed by atoms with van der Waals surface area (Å²) in [6.45, 7) is 2.47. The smallest absolute Gasteiger partial charge is 0.417 e. The molecule has 11 heteroatoms. The lowest BCUT2D eigenvalue weighted by molar-refractivity contribution is -0.137. The summed E-state index contributed by atoms with van der Waals surface area (Å²) in [4.78, 5) is 18.2. The van der Waals surface area contributed by atoms with Crippen LogP contribution in [0.5, 0.6) is 5.75 Å². The van der Waals surface area contributed by atoms with Crippen LogP contribution in [-0.4, -0.2) is 53.6 Å². The summed E-state index contributed by atoms with van der Waals surface area (Å²) in [5.41, 5.74) is 1.63. The molecule has 0 unspecified atom stereocenters. The normalized spacial score (nSPS) is 18.2. The van der Waals surface area contributed by atoms with Crippen molar-refractivity contribution in [1.82, 2.24) is 10.1 Å². The Morgan fingerprint density at radius 1 is 1.05 bits per heavy atom. The molecule has 1 N–H and O–H groups in total. The van der Waals surface area contributed by atoms with Gasteiger partial charge in [0.1, 0.15) is 23.3 Å². The van der Waals surface area contributed by atoms with Crippen LogP contribution >= 0.6 is 0 Å². The van der Waals surface area contributed by atoms with Gasteiger partial charge in [-0.25, -0.2) is 9.78 Å². The highest BCUT2D eigenvalue weighted by molar-refractivity contribution is 5.94. The van der Waals surface area contributed by atoms with E-state index in [-0.39, 0.29) is 34.9 Å². The first-order valence-corrected chi connectivity index (χ1v) is 14.8. The third-order valence-corrected chi connectivity index (χ3v) is 8.51. The number of hydrogen-bond acceptors (Lipinski definition) is 7. The lowest BCUT2D eigenvalue weighted by atomic mass is 9.93. The maximum absolute atomic E-state index is 13.8. The van der Waals surface area contributed by atoms with Crippen molar-refractivity contribution in [2.24, 2.45) is 5.92 Å². The number of carboxylic acid groups (broad SMARTS) is 1. The first-order valence-electron chi connectivity index (χ1n) is 14.8. The number of rotatable bonds is 8. The maximum Gasteiger partial charge on any atom is 0.417 e. The Balaban J connectivity index is 1.10. The number of aromatic nitrogens is 2. The Kier molecular flexibility index (Phi) is 7.28. The Hall–Kier alpha value is -4.38. The second-order valence-corrected chi connectivity index (χ2v) is 11.6. The van der Waals surface area contributed by atoms with Gasteiger partial charge in [-0.05, 0) is 55.9 Å². The van der Waals surface area contributed by atoms with Gasteiger partial charge in [0.2, 0.25) is 0 Å². The van der Waals surface area contributed by atoms with E-state index in [1.165, 1.54) is 18.2 Å². The Bertz CT molecular complexity index is 1730. The van der Waals surface area contributed by atoms with Gasteiger partial charge in [0.05, 0.1) is 24.3 Å². The molecule has 2 aromatic heterocycles. The molecular formula is C33H30F3N3O5. The molecule has 2 saturated heterocycles. The number of carboxylic acids is 1. The molecule has 4 heterocycles. The number of alkyl halides is 3. The average Bonchev–Trinajstić information content (AvgIpc) is 3.76. The van der Waals surface area contributed by atoms with E-state index in [1.807, 2.05) is 24.3 Å². The van der Waals surface area contributed by atoms with E-state index in [0.717, 1.165) is 55.9 Å². The van der Waals surface area contributed by atoms with Gasteiger partial charge in [-0.2, -0.15) is 13.2 Å². The summed E-state index contributed by atoms with van der Waals surface area (Å²) in [7, 11) is 0. The van der Waals surface area contributed by atoms with Crippen molar-refractivity contribution in [1.29, 1.82) is 0 Å². The molecule has 8 nitrogen and oxygen atoms in total. The molecule has 0 amide bonds. The quantitative estimate of drug-likeness (QED) is 0.225. The number of carbonyl (C=O) groups is 1. The maximum atomic E-state index is 13.8. The molecule has 44 heavy (non-hydrogen) atoms. The summed E-state index contributed by atoms with van der Waals surface area (Å²) in [6.07, 6.45) is 2.95. The molecule has 2 aromatic carbocycles.